The van der Waals surface area contributed by atoms with Crippen LogP contribution in [0.15, 0.2) is 36.5 Å². The SMILES string of the molecule is Cc1ccc(NC(=S)Nc2ccn(Cc3c(F)c(F)cc(F)c3F)n2)cc1Cl. The highest BCUT2D eigenvalue weighted by Gasteiger charge is 2.19. The van der Waals surface area contributed by atoms with E-state index >= 15 is 0 Å². The molecule has 146 valence electrons. The zero-order chi connectivity index (χ0) is 20.4. The number of halogens is 5. The first-order valence-electron chi connectivity index (χ1n) is 7.94. The highest BCUT2D eigenvalue weighted by Crippen LogP contribution is 2.21. The second kappa shape index (κ2) is 8.15. The fourth-order valence-corrected chi connectivity index (χ4v) is 2.79. The summed E-state index contributed by atoms with van der Waals surface area (Å²) in [5.41, 5.74) is 0.812. The van der Waals surface area contributed by atoms with Gasteiger partial charge in [-0.25, -0.2) is 17.6 Å². The molecule has 10 heteroatoms. The van der Waals surface area contributed by atoms with E-state index < -0.39 is 35.4 Å². The maximum Gasteiger partial charge on any atom is 0.176 e. The Bertz CT molecular complexity index is 1030. The Morgan fingerprint density at radius 3 is 2.39 bits per heavy atom. The van der Waals surface area contributed by atoms with E-state index in [0.29, 0.717) is 10.7 Å². The van der Waals surface area contributed by atoms with Crippen LogP contribution in [0.2, 0.25) is 5.02 Å². The molecule has 0 saturated carbocycles. The number of anilines is 2. The summed E-state index contributed by atoms with van der Waals surface area (Å²) in [6, 6.07) is 6.96. The van der Waals surface area contributed by atoms with E-state index in [0.717, 1.165) is 10.2 Å². The molecule has 0 fully saturated rings. The van der Waals surface area contributed by atoms with Gasteiger partial charge in [-0.15, -0.1) is 0 Å². The van der Waals surface area contributed by atoms with E-state index in [4.69, 9.17) is 23.8 Å². The molecule has 1 heterocycles. The molecule has 0 bridgehead atoms. The van der Waals surface area contributed by atoms with E-state index in [1.54, 1.807) is 12.1 Å². The Balaban J connectivity index is 1.69. The molecule has 0 atom stereocenters. The summed E-state index contributed by atoms with van der Waals surface area (Å²) in [6.07, 6.45) is 1.38. The van der Waals surface area contributed by atoms with Crippen LogP contribution in [0, 0.1) is 30.2 Å². The van der Waals surface area contributed by atoms with E-state index in [1.807, 2.05) is 13.0 Å². The maximum absolute atomic E-state index is 13.8. The van der Waals surface area contributed by atoms with Crippen LogP contribution >= 0.6 is 23.8 Å². The number of hydrogen-bond donors (Lipinski definition) is 2. The third-order valence-corrected chi connectivity index (χ3v) is 4.45. The standard InChI is InChI=1S/C18H13ClF4N4S/c1-9-2-3-10(6-12(9)19)24-18(28)25-15-4-5-27(26-15)8-11-16(22)13(20)7-14(21)17(11)23/h2-7H,8H2,1H3,(H2,24,25,26,28). The van der Waals surface area contributed by atoms with Crippen LogP contribution in [0.3, 0.4) is 0 Å². The van der Waals surface area contributed by atoms with E-state index in [9.17, 15) is 17.6 Å². The number of benzene rings is 2. The summed E-state index contributed by atoms with van der Waals surface area (Å²) < 4.78 is 55.3. The number of hydrogen-bond acceptors (Lipinski definition) is 2. The van der Waals surface area contributed by atoms with E-state index in [2.05, 4.69) is 15.7 Å². The molecule has 0 unspecified atom stereocenters. The summed E-state index contributed by atoms with van der Waals surface area (Å²) in [7, 11) is 0. The van der Waals surface area contributed by atoms with Crippen molar-refractivity contribution in [1.29, 1.82) is 0 Å². The minimum atomic E-state index is -1.47. The van der Waals surface area contributed by atoms with Gasteiger partial charge in [-0.05, 0) is 36.8 Å². The number of nitrogens with zero attached hydrogens (tertiary/aromatic N) is 2. The van der Waals surface area contributed by atoms with Crippen molar-refractivity contribution < 1.29 is 17.6 Å². The molecule has 3 aromatic rings. The van der Waals surface area contributed by atoms with Crippen LogP contribution in [-0.2, 0) is 6.54 Å². The zero-order valence-corrected chi connectivity index (χ0v) is 15.9. The monoisotopic (exact) mass is 428 g/mol. The number of nitrogens with one attached hydrogen (secondary N) is 2. The molecule has 1 aromatic heterocycles. The molecule has 2 aromatic carbocycles. The molecule has 3 rings (SSSR count). The smallest absolute Gasteiger partial charge is 0.176 e. The van der Waals surface area contributed by atoms with Crippen LogP contribution in [0.4, 0.5) is 29.1 Å². The number of aryl methyl sites for hydroxylation is 1. The van der Waals surface area contributed by atoms with Gasteiger partial charge in [0.05, 0.1) is 12.1 Å². The van der Waals surface area contributed by atoms with Crippen LogP contribution in [0.5, 0.6) is 0 Å². The quantitative estimate of drug-likeness (QED) is 0.338. The van der Waals surface area contributed by atoms with Crippen molar-refractivity contribution in [1.82, 2.24) is 9.78 Å². The van der Waals surface area contributed by atoms with Crippen molar-refractivity contribution in [2.45, 2.75) is 13.5 Å². The second-order valence-electron chi connectivity index (χ2n) is 5.89. The Hall–Kier alpha value is -2.65. The molecule has 2 N–H and O–H groups in total. The maximum atomic E-state index is 13.8. The normalized spacial score (nSPS) is 10.8. The molecule has 0 saturated heterocycles. The van der Waals surface area contributed by atoms with Crippen LogP contribution < -0.4 is 10.6 Å². The lowest BCUT2D eigenvalue weighted by Gasteiger charge is -2.10. The summed E-state index contributed by atoms with van der Waals surface area (Å²) in [5, 5.41) is 10.5. The topological polar surface area (TPSA) is 41.9 Å². The molecule has 0 radical (unpaired) electrons. The molecular weight excluding hydrogens is 416 g/mol. The average molecular weight is 429 g/mol. The van der Waals surface area contributed by atoms with Gasteiger partial charge in [0.15, 0.2) is 34.2 Å². The summed E-state index contributed by atoms with van der Waals surface area (Å²) in [4.78, 5) is 0. The summed E-state index contributed by atoms with van der Waals surface area (Å²) in [5.74, 6) is -5.59. The van der Waals surface area contributed by atoms with Crippen LogP contribution in [0.25, 0.3) is 0 Å². The van der Waals surface area contributed by atoms with Gasteiger partial charge in [0, 0.05) is 29.0 Å². The first kappa shape index (κ1) is 20.1. The molecule has 28 heavy (non-hydrogen) atoms. The Kier molecular flexibility index (Phi) is 5.85. The Labute approximate surface area is 168 Å². The second-order valence-corrected chi connectivity index (χ2v) is 6.70. The van der Waals surface area contributed by atoms with Crippen molar-refractivity contribution in [2.24, 2.45) is 0 Å². The fourth-order valence-electron chi connectivity index (χ4n) is 2.39. The first-order valence-corrected chi connectivity index (χ1v) is 8.72. The Morgan fingerprint density at radius 1 is 1.07 bits per heavy atom. The molecule has 0 aliphatic heterocycles. The Morgan fingerprint density at radius 2 is 1.75 bits per heavy atom. The molecule has 0 aliphatic carbocycles. The number of aromatic nitrogens is 2. The minimum Gasteiger partial charge on any atom is -0.332 e. The third kappa shape index (κ3) is 4.42. The van der Waals surface area contributed by atoms with E-state index in [1.165, 1.54) is 12.3 Å². The van der Waals surface area contributed by atoms with Gasteiger partial charge in [-0.3, -0.25) is 4.68 Å². The highest BCUT2D eigenvalue weighted by atomic mass is 35.5. The van der Waals surface area contributed by atoms with E-state index in [-0.39, 0.29) is 17.0 Å². The third-order valence-electron chi connectivity index (χ3n) is 3.83. The van der Waals surface area contributed by atoms with Crippen molar-refractivity contribution in [3.05, 3.63) is 75.9 Å². The molecular formula is C18H13ClF4N4S. The van der Waals surface area contributed by atoms with Gasteiger partial charge >= 0.3 is 0 Å². The van der Waals surface area contributed by atoms with Gasteiger partial charge < -0.3 is 10.6 Å². The van der Waals surface area contributed by atoms with Crippen molar-refractivity contribution >= 4 is 40.4 Å². The minimum absolute atomic E-state index is 0.158. The summed E-state index contributed by atoms with van der Waals surface area (Å²) in [6.45, 7) is 1.37. The van der Waals surface area contributed by atoms with Crippen molar-refractivity contribution in [2.75, 3.05) is 10.6 Å². The van der Waals surface area contributed by atoms with Gasteiger partial charge in [0.2, 0.25) is 0 Å². The lowest BCUT2D eigenvalue weighted by molar-refractivity contribution is 0.431. The molecule has 0 spiro atoms. The van der Waals surface area contributed by atoms with Crippen molar-refractivity contribution in [3.8, 4) is 0 Å². The van der Waals surface area contributed by atoms with Crippen LogP contribution in [0.1, 0.15) is 11.1 Å². The van der Waals surface area contributed by atoms with Gasteiger partial charge in [-0.1, -0.05) is 17.7 Å². The fraction of sp³-hybridized carbons (Fsp3) is 0.111. The molecule has 0 aliphatic rings. The molecule has 4 nitrogen and oxygen atoms in total. The van der Waals surface area contributed by atoms with Gasteiger partial charge in [0.1, 0.15) is 0 Å². The van der Waals surface area contributed by atoms with Crippen LogP contribution in [-0.4, -0.2) is 14.9 Å². The predicted molar refractivity (Wildman–Crippen MR) is 104 cm³/mol. The lowest BCUT2D eigenvalue weighted by Crippen LogP contribution is -2.19. The largest absolute Gasteiger partial charge is 0.332 e. The summed E-state index contributed by atoms with van der Waals surface area (Å²) >= 11 is 11.2. The predicted octanol–water partition coefficient (Wildman–Crippen LogP) is 5.26. The van der Waals surface area contributed by atoms with Crippen molar-refractivity contribution in [3.63, 3.8) is 0 Å². The lowest BCUT2D eigenvalue weighted by atomic mass is 10.2. The highest BCUT2D eigenvalue weighted by molar-refractivity contribution is 7.80. The number of thiocarbonyl (C=S) groups is 1. The van der Waals surface area contributed by atoms with Gasteiger partial charge in [0.25, 0.3) is 0 Å². The average Bonchev–Trinajstić information content (AvgIpc) is 3.07. The zero-order valence-electron chi connectivity index (χ0n) is 14.4. The molecule has 0 amide bonds. The number of rotatable bonds is 4. The van der Waals surface area contributed by atoms with Gasteiger partial charge in [-0.2, -0.15) is 5.10 Å². The first-order chi connectivity index (χ1) is 13.2.